The summed E-state index contributed by atoms with van der Waals surface area (Å²) in [7, 11) is 0. The molecule has 6 heteroatoms. The van der Waals surface area contributed by atoms with Gasteiger partial charge in [-0.1, -0.05) is 0 Å². The van der Waals surface area contributed by atoms with Gasteiger partial charge in [0.05, 0.1) is 19.8 Å². The highest BCUT2D eigenvalue weighted by Gasteiger charge is 2.25. The third-order valence-electron chi connectivity index (χ3n) is 4.86. The van der Waals surface area contributed by atoms with Gasteiger partial charge in [0, 0.05) is 32.7 Å². The van der Waals surface area contributed by atoms with Crippen LogP contribution in [0.5, 0.6) is 0 Å². The number of likely N-dealkylation sites (tertiary alicyclic amines) is 1. The Balaban J connectivity index is 1.32. The van der Waals surface area contributed by atoms with Gasteiger partial charge in [-0.05, 0) is 31.8 Å². The Bertz CT molecular complexity index is 339. The van der Waals surface area contributed by atoms with Crippen molar-refractivity contribution < 1.29 is 14.3 Å². The Hall–Kier alpha value is -0.850. The van der Waals surface area contributed by atoms with Crippen molar-refractivity contribution in [1.82, 2.24) is 14.7 Å². The molecule has 0 aromatic heterocycles. The zero-order chi connectivity index (χ0) is 14.5. The average Bonchev–Trinajstić information content (AvgIpc) is 2.93. The third kappa shape index (κ3) is 4.31. The zero-order valence-electron chi connectivity index (χ0n) is 12.8. The molecule has 3 aliphatic rings. The maximum atomic E-state index is 11.4. The Morgan fingerprint density at radius 3 is 2.33 bits per heavy atom. The Morgan fingerprint density at radius 2 is 1.67 bits per heavy atom. The summed E-state index contributed by atoms with van der Waals surface area (Å²) in [5, 5.41) is 0. The lowest BCUT2D eigenvalue weighted by Crippen LogP contribution is -2.44. The summed E-state index contributed by atoms with van der Waals surface area (Å²) >= 11 is 0. The first kappa shape index (κ1) is 15.1. The van der Waals surface area contributed by atoms with Crippen molar-refractivity contribution in [2.24, 2.45) is 5.92 Å². The first-order valence-electron chi connectivity index (χ1n) is 8.25. The molecule has 120 valence electrons. The molecule has 3 saturated heterocycles. The maximum Gasteiger partial charge on any atom is 0.409 e. The van der Waals surface area contributed by atoms with Crippen molar-refractivity contribution >= 4 is 6.09 Å². The van der Waals surface area contributed by atoms with Crippen LogP contribution in [0.2, 0.25) is 0 Å². The van der Waals surface area contributed by atoms with E-state index in [1.165, 1.54) is 19.4 Å². The van der Waals surface area contributed by atoms with Crippen LogP contribution in [0.15, 0.2) is 0 Å². The van der Waals surface area contributed by atoms with Crippen molar-refractivity contribution in [2.45, 2.75) is 12.8 Å². The lowest BCUT2D eigenvalue weighted by molar-refractivity contribution is 0.0243. The molecule has 0 atom stereocenters. The van der Waals surface area contributed by atoms with E-state index >= 15 is 0 Å². The first-order valence-corrected chi connectivity index (χ1v) is 8.25. The molecular weight excluding hydrogens is 270 g/mol. The maximum absolute atomic E-state index is 11.4. The molecule has 6 nitrogen and oxygen atoms in total. The smallest absolute Gasteiger partial charge is 0.409 e. The van der Waals surface area contributed by atoms with Crippen LogP contribution in [-0.2, 0) is 9.47 Å². The first-order chi connectivity index (χ1) is 10.3. The van der Waals surface area contributed by atoms with Crippen molar-refractivity contribution in [3.8, 4) is 0 Å². The molecule has 0 saturated carbocycles. The number of ether oxygens (including phenoxy) is 2. The summed E-state index contributed by atoms with van der Waals surface area (Å²) in [6.45, 7) is 10.6. The molecule has 21 heavy (non-hydrogen) atoms. The van der Waals surface area contributed by atoms with Crippen molar-refractivity contribution in [3.05, 3.63) is 0 Å². The molecule has 0 N–H and O–H groups in total. The van der Waals surface area contributed by atoms with Gasteiger partial charge in [-0.25, -0.2) is 4.79 Å². The predicted octanol–water partition coefficient (Wildman–Crippen LogP) is 0.483. The van der Waals surface area contributed by atoms with Crippen LogP contribution in [0.25, 0.3) is 0 Å². The molecule has 3 fully saturated rings. The molecule has 0 spiro atoms. The molecule has 0 radical (unpaired) electrons. The molecule has 0 aliphatic carbocycles. The number of hydrogen-bond donors (Lipinski definition) is 0. The van der Waals surface area contributed by atoms with E-state index in [1.807, 2.05) is 4.90 Å². The highest BCUT2D eigenvalue weighted by Crippen LogP contribution is 2.19. The number of rotatable bonds is 5. The van der Waals surface area contributed by atoms with Gasteiger partial charge >= 0.3 is 6.09 Å². The number of carbonyl (C=O) groups excluding carboxylic acids is 1. The Morgan fingerprint density at radius 1 is 0.905 bits per heavy atom. The van der Waals surface area contributed by atoms with Crippen LogP contribution < -0.4 is 0 Å². The summed E-state index contributed by atoms with van der Waals surface area (Å²) in [4.78, 5) is 18.2. The molecule has 0 aromatic carbocycles. The predicted molar refractivity (Wildman–Crippen MR) is 79.3 cm³/mol. The van der Waals surface area contributed by atoms with E-state index in [9.17, 15) is 4.79 Å². The second-order valence-electron chi connectivity index (χ2n) is 6.30. The summed E-state index contributed by atoms with van der Waals surface area (Å²) in [6.07, 6.45) is 2.42. The van der Waals surface area contributed by atoms with E-state index in [4.69, 9.17) is 9.47 Å². The zero-order valence-corrected chi connectivity index (χ0v) is 12.8. The van der Waals surface area contributed by atoms with E-state index in [0.29, 0.717) is 6.61 Å². The van der Waals surface area contributed by atoms with Gasteiger partial charge in [0.2, 0.25) is 0 Å². The standard InChI is InChI=1S/C15H27N3O3/c19-15-18(9-12-21-15)6-5-16-3-1-14(2-4-16)13-17-7-10-20-11-8-17/h14H,1-13H2. The fourth-order valence-electron chi connectivity index (χ4n) is 3.43. The number of piperidine rings is 1. The molecule has 1 amide bonds. The van der Waals surface area contributed by atoms with Gasteiger partial charge < -0.3 is 19.3 Å². The summed E-state index contributed by atoms with van der Waals surface area (Å²) in [5.41, 5.74) is 0. The summed E-state index contributed by atoms with van der Waals surface area (Å²) in [5.74, 6) is 0.830. The van der Waals surface area contributed by atoms with E-state index in [-0.39, 0.29) is 6.09 Å². The van der Waals surface area contributed by atoms with Crippen molar-refractivity contribution in [1.29, 1.82) is 0 Å². The summed E-state index contributed by atoms with van der Waals surface area (Å²) in [6, 6.07) is 0. The quantitative estimate of drug-likeness (QED) is 0.739. The lowest BCUT2D eigenvalue weighted by Gasteiger charge is -2.36. The number of nitrogens with zero attached hydrogens (tertiary/aromatic N) is 3. The van der Waals surface area contributed by atoms with Crippen molar-refractivity contribution in [2.75, 3.05) is 72.2 Å². The molecule has 3 heterocycles. The molecule has 0 bridgehead atoms. The van der Waals surface area contributed by atoms with E-state index < -0.39 is 0 Å². The van der Waals surface area contributed by atoms with Gasteiger partial charge in [0.15, 0.2) is 0 Å². The molecule has 0 unspecified atom stereocenters. The van der Waals surface area contributed by atoms with Crippen LogP contribution in [0.4, 0.5) is 4.79 Å². The van der Waals surface area contributed by atoms with Gasteiger partial charge in [0.1, 0.15) is 6.61 Å². The van der Waals surface area contributed by atoms with Crippen LogP contribution >= 0.6 is 0 Å². The largest absolute Gasteiger partial charge is 0.448 e. The molecule has 3 rings (SSSR count). The van der Waals surface area contributed by atoms with Crippen LogP contribution in [0.3, 0.4) is 0 Å². The van der Waals surface area contributed by atoms with Gasteiger partial charge in [-0.15, -0.1) is 0 Å². The highest BCUT2D eigenvalue weighted by molar-refractivity contribution is 5.69. The second-order valence-corrected chi connectivity index (χ2v) is 6.30. The third-order valence-corrected chi connectivity index (χ3v) is 4.86. The SMILES string of the molecule is O=C1OCCN1CCN1CCC(CN2CCOCC2)CC1. The highest BCUT2D eigenvalue weighted by atomic mass is 16.6. The van der Waals surface area contributed by atoms with Crippen LogP contribution in [0.1, 0.15) is 12.8 Å². The fourth-order valence-corrected chi connectivity index (χ4v) is 3.43. The minimum atomic E-state index is -0.141. The number of amides is 1. The minimum Gasteiger partial charge on any atom is -0.448 e. The molecule has 3 aliphatic heterocycles. The van der Waals surface area contributed by atoms with E-state index in [0.717, 1.165) is 64.9 Å². The number of carbonyl (C=O) groups is 1. The van der Waals surface area contributed by atoms with Crippen molar-refractivity contribution in [3.63, 3.8) is 0 Å². The monoisotopic (exact) mass is 297 g/mol. The number of cyclic esters (lactones) is 1. The minimum absolute atomic E-state index is 0.141. The Kier molecular flexibility index (Phi) is 5.32. The lowest BCUT2D eigenvalue weighted by atomic mass is 9.96. The van der Waals surface area contributed by atoms with Gasteiger partial charge in [-0.2, -0.15) is 0 Å². The van der Waals surface area contributed by atoms with Gasteiger partial charge in [0.25, 0.3) is 0 Å². The molecule has 0 aromatic rings. The van der Waals surface area contributed by atoms with E-state index in [2.05, 4.69) is 9.80 Å². The second kappa shape index (κ2) is 7.42. The topological polar surface area (TPSA) is 45.2 Å². The van der Waals surface area contributed by atoms with Crippen LogP contribution in [0, 0.1) is 5.92 Å². The van der Waals surface area contributed by atoms with E-state index in [1.54, 1.807) is 0 Å². The average molecular weight is 297 g/mol. The normalized spacial score (nSPS) is 26.3. The Labute approximate surface area is 126 Å². The van der Waals surface area contributed by atoms with Crippen LogP contribution in [-0.4, -0.2) is 93.0 Å². The van der Waals surface area contributed by atoms with Gasteiger partial charge in [-0.3, -0.25) is 4.90 Å². The number of morpholine rings is 1. The number of hydrogen-bond acceptors (Lipinski definition) is 5. The molecular formula is C15H27N3O3. The summed E-state index contributed by atoms with van der Waals surface area (Å²) < 4.78 is 10.4. The fraction of sp³-hybridized carbons (Fsp3) is 0.933.